The minimum absolute atomic E-state index is 0.0853. The van der Waals surface area contributed by atoms with Crippen LogP contribution in [0.3, 0.4) is 0 Å². The number of carbonyl (C=O) groups is 1. The molecule has 1 aliphatic carbocycles. The molecule has 158 valence electrons. The van der Waals surface area contributed by atoms with Crippen LogP contribution in [-0.4, -0.2) is 40.3 Å². The van der Waals surface area contributed by atoms with Crippen LogP contribution >= 0.6 is 0 Å². The summed E-state index contributed by atoms with van der Waals surface area (Å²) >= 11 is 0. The number of alkyl halides is 1. The fourth-order valence-electron chi connectivity index (χ4n) is 4.88. The van der Waals surface area contributed by atoms with Gasteiger partial charge in [0.05, 0.1) is 17.9 Å². The van der Waals surface area contributed by atoms with Crippen LogP contribution in [0, 0.1) is 0 Å². The Kier molecular flexibility index (Phi) is 3.69. The molecule has 0 radical (unpaired) electrons. The van der Waals surface area contributed by atoms with E-state index in [1.807, 2.05) is 35.3 Å². The first-order valence-corrected chi connectivity index (χ1v) is 10.5. The molecule has 2 aliphatic rings. The van der Waals surface area contributed by atoms with Crippen molar-refractivity contribution in [3.63, 3.8) is 0 Å². The van der Waals surface area contributed by atoms with Gasteiger partial charge in [-0.2, -0.15) is 5.10 Å². The Labute approximate surface area is 177 Å². The van der Waals surface area contributed by atoms with Gasteiger partial charge in [0, 0.05) is 43.8 Å². The Balaban J connectivity index is 1.46. The maximum absolute atomic E-state index is 14.0. The van der Waals surface area contributed by atoms with Gasteiger partial charge in [0.15, 0.2) is 0 Å². The molecule has 1 aliphatic heterocycles. The van der Waals surface area contributed by atoms with Gasteiger partial charge in [0.1, 0.15) is 34.2 Å². The van der Waals surface area contributed by atoms with Crippen LogP contribution < -0.4 is 5.73 Å². The van der Waals surface area contributed by atoms with E-state index in [4.69, 9.17) is 15.8 Å². The maximum Gasteiger partial charge on any atom is 0.267 e. The first-order valence-electron chi connectivity index (χ1n) is 10.5. The van der Waals surface area contributed by atoms with E-state index in [0.29, 0.717) is 24.2 Å². The average molecular weight is 419 g/mol. The Morgan fingerprint density at radius 3 is 2.90 bits per heavy atom. The summed E-state index contributed by atoms with van der Waals surface area (Å²) in [7, 11) is 0. The van der Waals surface area contributed by atoms with Crippen molar-refractivity contribution in [2.24, 2.45) is 5.73 Å². The predicted octanol–water partition coefficient (Wildman–Crippen LogP) is 3.17. The molecule has 0 atom stereocenters. The van der Waals surface area contributed by atoms with E-state index in [9.17, 15) is 9.18 Å². The van der Waals surface area contributed by atoms with Gasteiger partial charge in [0.2, 0.25) is 0 Å². The normalized spacial score (nSPS) is 22.6. The second-order valence-corrected chi connectivity index (χ2v) is 8.79. The largest absolute Gasteiger partial charge is 0.364 e. The molecule has 4 aromatic rings. The van der Waals surface area contributed by atoms with Crippen molar-refractivity contribution in [1.82, 2.24) is 28.7 Å². The first-order chi connectivity index (χ1) is 14.9. The van der Waals surface area contributed by atoms with E-state index in [-0.39, 0.29) is 6.04 Å². The zero-order chi connectivity index (χ0) is 21.3. The maximum atomic E-state index is 14.0. The molecule has 31 heavy (non-hydrogen) atoms. The molecule has 1 amide bonds. The number of pyridine rings is 1. The van der Waals surface area contributed by atoms with Gasteiger partial charge in [-0.15, -0.1) is 0 Å². The monoisotopic (exact) mass is 419 g/mol. The SMILES string of the molecule is CC1(F)CC(n2ccc(-c3nc4n(c3-c3ccc5ncc(C(N)=O)n5c3)CCC4)n2)C1. The molecule has 8 nitrogen and oxygen atoms in total. The summed E-state index contributed by atoms with van der Waals surface area (Å²) in [5, 5.41) is 4.75. The van der Waals surface area contributed by atoms with Crippen LogP contribution in [0.1, 0.15) is 48.5 Å². The zero-order valence-electron chi connectivity index (χ0n) is 17.1. The summed E-state index contributed by atoms with van der Waals surface area (Å²) in [6.45, 7) is 2.52. The van der Waals surface area contributed by atoms with E-state index in [1.54, 1.807) is 11.3 Å². The van der Waals surface area contributed by atoms with Crippen molar-refractivity contribution >= 4 is 11.6 Å². The first kappa shape index (κ1) is 18.3. The number of primary amides is 1. The highest BCUT2D eigenvalue weighted by atomic mass is 19.1. The summed E-state index contributed by atoms with van der Waals surface area (Å²) in [5.41, 5.74) is 8.86. The molecule has 1 fully saturated rings. The van der Waals surface area contributed by atoms with Crippen molar-refractivity contribution in [3.8, 4) is 22.6 Å². The summed E-state index contributed by atoms with van der Waals surface area (Å²) in [4.78, 5) is 21.0. The fourth-order valence-corrected chi connectivity index (χ4v) is 4.88. The van der Waals surface area contributed by atoms with Crippen molar-refractivity contribution in [1.29, 1.82) is 0 Å². The molecule has 0 bridgehead atoms. The number of aromatic nitrogens is 6. The second-order valence-electron chi connectivity index (χ2n) is 8.79. The third kappa shape index (κ3) is 2.79. The summed E-state index contributed by atoms with van der Waals surface area (Å²) in [6.07, 6.45) is 8.20. The van der Waals surface area contributed by atoms with Crippen molar-refractivity contribution in [2.45, 2.75) is 50.9 Å². The van der Waals surface area contributed by atoms with Crippen molar-refractivity contribution in [3.05, 3.63) is 48.3 Å². The lowest BCUT2D eigenvalue weighted by Gasteiger charge is -2.38. The molecule has 4 aromatic heterocycles. The third-order valence-electron chi connectivity index (χ3n) is 6.41. The molecule has 1 saturated carbocycles. The van der Waals surface area contributed by atoms with Gasteiger partial charge in [-0.05, 0) is 31.5 Å². The molecule has 0 saturated heterocycles. The summed E-state index contributed by atoms with van der Waals surface area (Å²) in [5.74, 6) is 0.503. The molecular formula is C22H22FN7O. The number of rotatable bonds is 4. The number of aryl methyl sites for hydroxylation is 1. The molecule has 9 heteroatoms. The molecule has 0 unspecified atom stereocenters. The molecule has 2 N–H and O–H groups in total. The topological polar surface area (TPSA) is 96.0 Å². The standard InChI is InChI=1S/C22H22FN7O/c1-22(23)9-14(10-22)30-8-6-15(27-30)19-20(28-7-2-3-18(28)26-19)13-4-5-17-25-11-16(21(24)31)29(17)12-13/h4-6,8,11-12,14H,2-3,7,9-10H2,1H3,(H2,24,31). The minimum Gasteiger partial charge on any atom is -0.364 e. The van der Waals surface area contributed by atoms with Gasteiger partial charge >= 0.3 is 0 Å². The number of imidazole rings is 2. The van der Waals surface area contributed by atoms with E-state index >= 15 is 0 Å². The molecule has 5 heterocycles. The Bertz CT molecular complexity index is 1340. The second kappa shape index (κ2) is 6.26. The van der Waals surface area contributed by atoms with Crippen molar-refractivity contribution < 1.29 is 9.18 Å². The lowest BCUT2D eigenvalue weighted by Crippen LogP contribution is -2.38. The zero-order valence-corrected chi connectivity index (χ0v) is 17.1. The number of carbonyl (C=O) groups excluding carboxylic acids is 1. The van der Waals surface area contributed by atoms with Crippen LogP contribution in [0.15, 0.2) is 36.8 Å². The Morgan fingerprint density at radius 2 is 2.13 bits per heavy atom. The van der Waals surface area contributed by atoms with Gasteiger partial charge < -0.3 is 10.3 Å². The highest BCUT2D eigenvalue weighted by Crippen LogP contribution is 2.44. The number of nitrogens with two attached hydrogens (primary N) is 1. The smallest absolute Gasteiger partial charge is 0.267 e. The van der Waals surface area contributed by atoms with Crippen molar-refractivity contribution in [2.75, 3.05) is 0 Å². The lowest BCUT2D eigenvalue weighted by molar-refractivity contribution is 0.0266. The number of fused-ring (bicyclic) bond motifs is 2. The average Bonchev–Trinajstić information content (AvgIpc) is 3.46. The highest BCUT2D eigenvalue weighted by molar-refractivity contribution is 5.92. The molecular weight excluding hydrogens is 397 g/mol. The van der Waals surface area contributed by atoms with Crippen LogP contribution in [0.5, 0.6) is 0 Å². The van der Waals surface area contributed by atoms with Gasteiger partial charge in [-0.1, -0.05) is 0 Å². The quantitative estimate of drug-likeness (QED) is 0.550. The van der Waals surface area contributed by atoms with Crippen LogP contribution in [0.25, 0.3) is 28.3 Å². The fraction of sp³-hybridized carbons (Fsp3) is 0.364. The number of hydrogen-bond donors (Lipinski definition) is 1. The van der Waals surface area contributed by atoms with Crippen LogP contribution in [0.4, 0.5) is 4.39 Å². The molecule has 6 rings (SSSR count). The number of halogens is 1. The Morgan fingerprint density at radius 1 is 1.29 bits per heavy atom. The van der Waals surface area contributed by atoms with E-state index in [2.05, 4.69) is 9.55 Å². The van der Waals surface area contributed by atoms with Crippen LogP contribution in [0.2, 0.25) is 0 Å². The predicted molar refractivity (Wildman–Crippen MR) is 112 cm³/mol. The summed E-state index contributed by atoms with van der Waals surface area (Å²) < 4.78 is 19.7. The number of amides is 1. The van der Waals surface area contributed by atoms with E-state index < -0.39 is 11.6 Å². The van der Waals surface area contributed by atoms with Gasteiger partial charge in [0.25, 0.3) is 5.91 Å². The molecule has 0 spiro atoms. The van der Waals surface area contributed by atoms with Gasteiger partial charge in [-0.25, -0.2) is 14.4 Å². The minimum atomic E-state index is -1.10. The van der Waals surface area contributed by atoms with Gasteiger partial charge in [-0.3, -0.25) is 13.9 Å². The van der Waals surface area contributed by atoms with E-state index in [0.717, 1.165) is 47.9 Å². The number of hydrogen-bond acceptors (Lipinski definition) is 4. The third-order valence-corrected chi connectivity index (χ3v) is 6.41. The number of nitrogens with zero attached hydrogens (tertiary/aromatic N) is 6. The van der Waals surface area contributed by atoms with E-state index in [1.165, 1.54) is 6.20 Å². The van der Waals surface area contributed by atoms with Crippen LogP contribution in [-0.2, 0) is 13.0 Å². The Hall–Kier alpha value is -3.49. The molecule has 0 aromatic carbocycles. The lowest BCUT2D eigenvalue weighted by atomic mass is 9.79. The highest BCUT2D eigenvalue weighted by Gasteiger charge is 2.42. The summed E-state index contributed by atoms with van der Waals surface area (Å²) in [6, 6.07) is 5.88.